The smallest absolute Gasteiger partial charge is 0.339 e. The summed E-state index contributed by atoms with van der Waals surface area (Å²) in [4.78, 5) is 26.9. The third-order valence-electron chi connectivity index (χ3n) is 5.71. The number of carbonyl (C=O) groups excluding carboxylic acids is 2. The minimum absolute atomic E-state index is 0.0127. The highest BCUT2D eigenvalue weighted by Crippen LogP contribution is 2.35. The fourth-order valence-electron chi connectivity index (χ4n) is 4.28. The molecule has 0 N–H and O–H groups in total. The lowest BCUT2D eigenvalue weighted by molar-refractivity contribution is -0.140. The van der Waals surface area contributed by atoms with Crippen LogP contribution in [-0.2, 0) is 19.4 Å². The number of likely N-dealkylation sites (tertiary alicyclic amines) is 1. The van der Waals surface area contributed by atoms with Gasteiger partial charge < -0.3 is 9.64 Å². The van der Waals surface area contributed by atoms with E-state index in [1.807, 2.05) is 4.90 Å². The van der Waals surface area contributed by atoms with Gasteiger partial charge in [0.1, 0.15) is 0 Å². The van der Waals surface area contributed by atoms with Crippen molar-refractivity contribution in [3.63, 3.8) is 0 Å². The standard InChI is InChI=1S/C20H27NO5S/c1-2-27(24,25)18-12-6-4-10-16(18)20(23)26-14-19(22)21-13-7-9-15-8-3-5-11-17(15)21/h4,6,10,12,15,17H,2-3,5,7-9,11,13-14H2,1H3/t15-,17+/m1/s1. The van der Waals surface area contributed by atoms with Crippen molar-refractivity contribution in [1.82, 2.24) is 4.90 Å². The molecule has 2 atom stereocenters. The predicted octanol–water partition coefficient (Wildman–Crippen LogP) is 2.82. The molecule has 0 bridgehead atoms. The SMILES string of the molecule is CCS(=O)(=O)c1ccccc1C(=O)OCC(=O)N1CCC[C@H]2CCCC[C@@H]21. The fraction of sp³-hybridized carbons (Fsp3) is 0.600. The van der Waals surface area contributed by atoms with Gasteiger partial charge in [-0.05, 0) is 43.7 Å². The molecule has 1 aliphatic heterocycles. The fourth-order valence-corrected chi connectivity index (χ4v) is 5.37. The van der Waals surface area contributed by atoms with Gasteiger partial charge >= 0.3 is 5.97 Å². The van der Waals surface area contributed by atoms with E-state index in [0.717, 1.165) is 32.1 Å². The van der Waals surface area contributed by atoms with Crippen LogP contribution in [0.3, 0.4) is 0 Å². The highest BCUT2D eigenvalue weighted by atomic mass is 32.2. The Morgan fingerprint density at radius 1 is 1.11 bits per heavy atom. The lowest BCUT2D eigenvalue weighted by atomic mass is 9.78. The van der Waals surface area contributed by atoms with E-state index >= 15 is 0 Å². The van der Waals surface area contributed by atoms with Gasteiger partial charge in [0.15, 0.2) is 16.4 Å². The molecular weight excluding hydrogens is 366 g/mol. The molecule has 3 rings (SSSR count). The average Bonchev–Trinajstić information content (AvgIpc) is 2.71. The Bertz CT molecular complexity index is 802. The van der Waals surface area contributed by atoms with Crippen LogP contribution in [0.4, 0.5) is 0 Å². The quantitative estimate of drug-likeness (QED) is 0.719. The Labute approximate surface area is 160 Å². The van der Waals surface area contributed by atoms with Gasteiger partial charge in [-0.25, -0.2) is 13.2 Å². The minimum atomic E-state index is -3.54. The number of piperidine rings is 1. The van der Waals surface area contributed by atoms with Gasteiger partial charge in [-0.15, -0.1) is 0 Å². The number of benzene rings is 1. The normalized spacial score (nSPS) is 22.8. The molecule has 1 aromatic carbocycles. The zero-order valence-corrected chi connectivity index (χ0v) is 16.5. The molecule has 1 amide bonds. The van der Waals surface area contributed by atoms with Gasteiger partial charge in [0.25, 0.3) is 5.91 Å². The number of sulfone groups is 1. The number of esters is 1. The molecule has 0 spiro atoms. The van der Waals surface area contributed by atoms with Crippen LogP contribution in [0.15, 0.2) is 29.2 Å². The molecule has 1 heterocycles. The van der Waals surface area contributed by atoms with Crippen LogP contribution >= 0.6 is 0 Å². The number of hydrogen-bond acceptors (Lipinski definition) is 5. The van der Waals surface area contributed by atoms with E-state index in [4.69, 9.17) is 4.74 Å². The maximum Gasteiger partial charge on any atom is 0.339 e. The van der Waals surface area contributed by atoms with Gasteiger partial charge in [-0.2, -0.15) is 0 Å². The molecule has 1 aliphatic carbocycles. The Morgan fingerprint density at radius 2 is 1.81 bits per heavy atom. The van der Waals surface area contributed by atoms with E-state index in [2.05, 4.69) is 0 Å². The van der Waals surface area contributed by atoms with Crippen LogP contribution < -0.4 is 0 Å². The van der Waals surface area contributed by atoms with Crippen molar-refractivity contribution in [3.8, 4) is 0 Å². The summed E-state index contributed by atoms with van der Waals surface area (Å²) in [5.74, 6) is -0.501. The number of amides is 1. The van der Waals surface area contributed by atoms with Crippen molar-refractivity contribution in [2.75, 3.05) is 18.9 Å². The Hall–Kier alpha value is -1.89. The molecule has 0 unspecified atom stereocenters. The highest BCUT2D eigenvalue weighted by Gasteiger charge is 2.36. The van der Waals surface area contributed by atoms with Crippen molar-refractivity contribution in [2.45, 2.75) is 56.4 Å². The van der Waals surface area contributed by atoms with Gasteiger partial charge in [-0.1, -0.05) is 31.9 Å². The molecule has 1 saturated heterocycles. The first kappa shape index (κ1) is 19.9. The number of ether oxygens (including phenoxy) is 1. The van der Waals surface area contributed by atoms with Crippen LogP contribution in [0.1, 0.15) is 55.8 Å². The topological polar surface area (TPSA) is 80.7 Å². The Morgan fingerprint density at radius 3 is 2.59 bits per heavy atom. The zero-order chi connectivity index (χ0) is 19.4. The summed E-state index contributed by atoms with van der Waals surface area (Å²) in [6.45, 7) is 1.89. The summed E-state index contributed by atoms with van der Waals surface area (Å²) in [7, 11) is -3.54. The lowest BCUT2D eigenvalue weighted by Gasteiger charge is -2.44. The molecule has 0 radical (unpaired) electrons. The minimum Gasteiger partial charge on any atom is -0.452 e. The molecule has 27 heavy (non-hydrogen) atoms. The van der Waals surface area contributed by atoms with Crippen LogP contribution in [-0.4, -0.2) is 50.1 Å². The Balaban J connectivity index is 1.67. The van der Waals surface area contributed by atoms with Gasteiger partial charge in [0, 0.05) is 12.6 Å². The molecule has 2 aliphatic rings. The predicted molar refractivity (Wildman–Crippen MR) is 101 cm³/mol. The average molecular weight is 394 g/mol. The Kier molecular flexibility index (Phi) is 6.19. The van der Waals surface area contributed by atoms with E-state index < -0.39 is 15.8 Å². The van der Waals surface area contributed by atoms with Crippen molar-refractivity contribution in [2.24, 2.45) is 5.92 Å². The first-order chi connectivity index (χ1) is 12.9. The van der Waals surface area contributed by atoms with Crippen molar-refractivity contribution in [1.29, 1.82) is 0 Å². The summed E-state index contributed by atoms with van der Waals surface area (Å²) >= 11 is 0. The van der Waals surface area contributed by atoms with Crippen molar-refractivity contribution >= 4 is 21.7 Å². The van der Waals surface area contributed by atoms with E-state index in [1.54, 1.807) is 12.1 Å². The lowest BCUT2D eigenvalue weighted by Crippen LogP contribution is -2.50. The van der Waals surface area contributed by atoms with E-state index in [-0.39, 0.29) is 34.8 Å². The molecule has 7 heteroatoms. The third kappa shape index (κ3) is 4.34. The molecule has 148 valence electrons. The van der Waals surface area contributed by atoms with Crippen LogP contribution in [0.2, 0.25) is 0 Å². The second-order valence-corrected chi connectivity index (χ2v) is 9.56. The van der Waals surface area contributed by atoms with Gasteiger partial charge in [0.2, 0.25) is 0 Å². The molecule has 2 fully saturated rings. The zero-order valence-electron chi connectivity index (χ0n) is 15.7. The number of rotatable bonds is 5. The monoisotopic (exact) mass is 393 g/mol. The summed E-state index contributed by atoms with van der Waals surface area (Å²) in [6, 6.07) is 6.24. The highest BCUT2D eigenvalue weighted by molar-refractivity contribution is 7.91. The van der Waals surface area contributed by atoms with Crippen LogP contribution in [0.25, 0.3) is 0 Å². The van der Waals surface area contributed by atoms with Crippen molar-refractivity contribution < 1.29 is 22.7 Å². The summed E-state index contributed by atoms with van der Waals surface area (Å²) in [5.41, 5.74) is -0.0127. The van der Waals surface area contributed by atoms with Gasteiger partial charge in [-0.3, -0.25) is 4.79 Å². The van der Waals surface area contributed by atoms with E-state index in [0.29, 0.717) is 12.5 Å². The summed E-state index contributed by atoms with van der Waals surface area (Å²) < 4.78 is 29.6. The molecule has 0 aromatic heterocycles. The second kappa shape index (κ2) is 8.42. The maximum absolute atomic E-state index is 12.7. The number of hydrogen-bond donors (Lipinski definition) is 0. The number of nitrogens with zero attached hydrogens (tertiary/aromatic N) is 1. The number of fused-ring (bicyclic) bond motifs is 1. The molecule has 1 saturated carbocycles. The van der Waals surface area contributed by atoms with Gasteiger partial charge in [0.05, 0.1) is 16.2 Å². The first-order valence-electron chi connectivity index (χ1n) is 9.72. The summed E-state index contributed by atoms with van der Waals surface area (Å²) in [6.07, 6.45) is 6.68. The van der Waals surface area contributed by atoms with Crippen molar-refractivity contribution in [3.05, 3.63) is 29.8 Å². The van der Waals surface area contributed by atoms with E-state index in [9.17, 15) is 18.0 Å². The molecule has 1 aromatic rings. The first-order valence-corrected chi connectivity index (χ1v) is 11.4. The maximum atomic E-state index is 12.7. The third-order valence-corrected chi connectivity index (χ3v) is 7.50. The van der Waals surface area contributed by atoms with E-state index in [1.165, 1.54) is 25.5 Å². The van der Waals surface area contributed by atoms with Crippen LogP contribution in [0.5, 0.6) is 0 Å². The largest absolute Gasteiger partial charge is 0.452 e. The molecular formula is C20H27NO5S. The van der Waals surface area contributed by atoms with Crippen LogP contribution in [0, 0.1) is 5.92 Å². The summed E-state index contributed by atoms with van der Waals surface area (Å²) in [5, 5.41) is 0. The number of carbonyl (C=O) groups is 2. The molecule has 6 nitrogen and oxygen atoms in total. The second-order valence-electron chi connectivity index (χ2n) is 7.32.